The maximum atomic E-state index is 12.9. The zero-order chi connectivity index (χ0) is 21.8. The molecule has 1 aliphatic rings. The molecule has 31 heavy (non-hydrogen) atoms. The van der Waals surface area contributed by atoms with Crippen LogP contribution in [0, 0.1) is 0 Å². The normalized spacial score (nSPS) is 14.0. The molecule has 2 amide bonds. The largest absolute Gasteiger partial charge is 0.491 e. The first kappa shape index (κ1) is 21.0. The molecule has 0 aliphatic carbocycles. The molecule has 4 rings (SSSR count). The van der Waals surface area contributed by atoms with Gasteiger partial charge >= 0.3 is 0 Å². The quantitative estimate of drug-likeness (QED) is 0.611. The molecule has 0 radical (unpaired) electrons. The van der Waals surface area contributed by atoms with Crippen molar-refractivity contribution >= 4 is 23.2 Å². The van der Waals surface area contributed by atoms with Crippen molar-refractivity contribution in [3.05, 3.63) is 65.4 Å². The molecule has 3 heterocycles. The van der Waals surface area contributed by atoms with Crippen molar-refractivity contribution < 1.29 is 14.3 Å². The number of amides is 2. The van der Waals surface area contributed by atoms with Crippen LogP contribution < -0.4 is 4.74 Å². The number of ether oxygens (including phenoxy) is 1. The van der Waals surface area contributed by atoms with Crippen molar-refractivity contribution in [3.63, 3.8) is 0 Å². The van der Waals surface area contributed by atoms with Crippen LogP contribution in [-0.2, 0) is 0 Å². The van der Waals surface area contributed by atoms with Gasteiger partial charge in [-0.25, -0.2) is 4.98 Å². The number of benzene rings is 1. The standard InChI is InChI=1S/C23H24N4O3S/c1-16(2)30-19-7-5-17(6-8-19)21-25-20(15-31-21)23(29)27-12-10-26(11-13-27)22(28)18-4-3-9-24-14-18/h3-9,14-16H,10-13H2,1-2H3. The van der Waals surface area contributed by atoms with Gasteiger partial charge in [0.2, 0.25) is 0 Å². The van der Waals surface area contributed by atoms with Gasteiger partial charge in [-0.15, -0.1) is 11.3 Å². The van der Waals surface area contributed by atoms with Crippen LogP contribution in [0.1, 0.15) is 34.7 Å². The number of thiazole rings is 1. The molecule has 0 saturated carbocycles. The first-order valence-electron chi connectivity index (χ1n) is 10.2. The SMILES string of the molecule is CC(C)Oc1ccc(-c2nc(C(=O)N3CCN(C(=O)c4cccnc4)CC3)cs2)cc1. The molecule has 1 aromatic carbocycles. The Kier molecular flexibility index (Phi) is 6.27. The zero-order valence-electron chi connectivity index (χ0n) is 17.5. The zero-order valence-corrected chi connectivity index (χ0v) is 18.3. The van der Waals surface area contributed by atoms with Gasteiger partial charge in [-0.2, -0.15) is 0 Å². The van der Waals surface area contributed by atoms with Crippen molar-refractivity contribution in [2.24, 2.45) is 0 Å². The fraction of sp³-hybridized carbons (Fsp3) is 0.304. The number of hydrogen-bond acceptors (Lipinski definition) is 6. The first-order valence-corrected chi connectivity index (χ1v) is 11.1. The van der Waals surface area contributed by atoms with Gasteiger partial charge in [-0.1, -0.05) is 0 Å². The van der Waals surface area contributed by atoms with E-state index >= 15 is 0 Å². The van der Waals surface area contributed by atoms with Gasteiger partial charge in [0.15, 0.2) is 0 Å². The van der Waals surface area contributed by atoms with Gasteiger partial charge < -0.3 is 14.5 Å². The second-order valence-electron chi connectivity index (χ2n) is 7.55. The predicted molar refractivity (Wildman–Crippen MR) is 119 cm³/mol. The van der Waals surface area contributed by atoms with Gasteiger partial charge in [0, 0.05) is 49.5 Å². The van der Waals surface area contributed by atoms with E-state index in [9.17, 15) is 9.59 Å². The molecule has 0 unspecified atom stereocenters. The summed E-state index contributed by atoms with van der Waals surface area (Å²) in [6.07, 6.45) is 3.33. The molecule has 0 N–H and O–H groups in total. The highest BCUT2D eigenvalue weighted by Gasteiger charge is 2.26. The maximum Gasteiger partial charge on any atom is 0.273 e. The Morgan fingerprint density at radius 1 is 1.00 bits per heavy atom. The first-order chi connectivity index (χ1) is 15.0. The topological polar surface area (TPSA) is 75.6 Å². The van der Waals surface area contributed by atoms with Crippen LogP contribution in [0.15, 0.2) is 54.2 Å². The van der Waals surface area contributed by atoms with E-state index in [0.29, 0.717) is 37.4 Å². The summed E-state index contributed by atoms with van der Waals surface area (Å²) in [7, 11) is 0. The molecule has 1 saturated heterocycles. The lowest BCUT2D eigenvalue weighted by Gasteiger charge is -2.34. The molecular formula is C23H24N4O3S. The van der Waals surface area contributed by atoms with E-state index < -0.39 is 0 Å². The molecular weight excluding hydrogens is 412 g/mol. The van der Waals surface area contributed by atoms with Crippen LogP contribution in [0.25, 0.3) is 10.6 Å². The molecule has 1 fully saturated rings. The lowest BCUT2D eigenvalue weighted by Crippen LogP contribution is -2.50. The Morgan fingerprint density at radius 2 is 1.68 bits per heavy atom. The highest BCUT2D eigenvalue weighted by molar-refractivity contribution is 7.13. The summed E-state index contributed by atoms with van der Waals surface area (Å²) in [6.45, 7) is 5.93. The summed E-state index contributed by atoms with van der Waals surface area (Å²) < 4.78 is 5.67. The van der Waals surface area contributed by atoms with Crippen LogP contribution in [-0.4, -0.2) is 63.9 Å². The predicted octanol–water partition coefficient (Wildman–Crippen LogP) is 3.59. The number of carbonyl (C=O) groups excluding carboxylic acids is 2. The van der Waals surface area contributed by atoms with Crippen molar-refractivity contribution in [3.8, 4) is 16.3 Å². The second kappa shape index (κ2) is 9.26. The Hall–Kier alpha value is -3.26. The van der Waals surface area contributed by atoms with Gasteiger partial charge in [-0.3, -0.25) is 14.6 Å². The van der Waals surface area contributed by atoms with Crippen LogP contribution in [0.5, 0.6) is 5.75 Å². The summed E-state index contributed by atoms with van der Waals surface area (Å²) in [6, 6.07) is 11.2. The molecule has 3 aromatic rings. The highest BCUT2D eigenvalue weighted by atomic mass is 32.1. The summed E-state index contributed by atoms with van der Waals surface area (Å²) in [5, 5.41) is 2.59. The number of aromatic nitrogens is 2. The lowest BCUT2D eigenvalue weighted by molar-refractivity contribution is 0.0532. The van der Waals surface area contributed by atoms with E-state index in [4.69, 9.17) is 4.74 Å². The molecule has 7 nitrogen and oxygen atoms in total. The van der Waals surface area contributed by atoms with E-state index in [1.165, 1.54) is 11.3 Å². The number of carbonyl (C=O) groups is 2. The number of hydrogen-bond donors (Lipinski definition) is 0. The van der Waals surface area contributed by atoms with Crippen LogP contribution in [0.3, 0.4) is 0 Å². The van der Waals surface area contributed by atoms with E-state index in [1.807, 2.05) is 38.1 Å². The summed E-state index contributed by atoms with van der Waals surface area (Å²) >= 11 is 1.45. The third-order valence-corrected chi connectivity index (χ3v) is 5.85. The minimum atomic E-state index is -0.101. The molecule has 160 valence electrons. The lowest BCUT2D eigenvalue weighted by atomic mass is 10.2. The molecule has 2 aromatic heterocycles. The fourth-order valence-corrected chi connectivity index (χ4v) is 4.20. The summed E-state index contributed by atoms with van der Waals surface area (Å²) in [5.41, 5.74) is 1.96. The number of nitrogens with zero attached hydrogens (tertiary/aromatic N) is 4. The van der Waals surface area contributed by atoms with E-state index in [-0.39, 0.29) is 17.9 Å². The van der Waals surface area contributed by atoms with E-state index in [0.717, 1.165) is 16.3 Å². The average Bonchev–Trinajstić information content (AvgIpc) is 3.29. The smallest absolute Gasteiger partial charge is 0.273 e. The van der Waals surface area contributed by atoms with Crippen molar-refractivity contribution in [1.29, 1.82) is 0 Å². The molecule has 8 heteroatoms. The van der Waals surface area contributed by atoms with Crippen molar-refractivity contribution in [2.75, 3.05) is 26.2 Å². The van der Waals surface area contributed by atoms with Gasteiger partial charge in [0.25, 0.3) is 11.8 Å². The number of rotatable bonds is 5. The van der Waals surface area contributed by atoms with Gasteiger partial charge in [0.1, 0.15) is 16.5 Å². The molecule has 0 atom stereocenters. The third kappa shape index (κ3) is 4.91. The third-order valence-electron chi connectivity index (χ3n) is 4.96. The van der Waals surface area contributed by atoms with Gasteiger partial charge in [0.05, 0.1) is 11.7 Å². The minimum absolute atomic E-state index is 0.0546. The number of piperazine rings is 1. The Morgan fingerprint density at radius 3 is 2.29 bits per heavy atom. The monoisotopic (exact) mass is 436 g/mol. The molecule has 1 aliphatic heterocycles. The molecule has 0 bridgehead atoms. The maximum absolute atomic E-state index is 12.9. The summed E-state index contributed by atoms with van der Waals surface area (Å²) in [5.74, 6) is 0.655. The van der Waals surface area contributed by atoms with Crippen LogP contribution >= 0.6 is 11.3 Å². The highest BCUT2D eigenvalue weighted by Crippen LogP contribution is 2.26. The van der Waals surface area contributed by atoms with Gasteiger partial charge in [-0.05, 0) is 50.2 Å². The Bertz CT molecular complexity index is 1040. The Labute approximate surface area is 185 Å². The van der Waals surface area contributed by atoms with Crippen LogP contribution in [0.4, 0.5) is 0 Å². The molecule has 0 spiro atoms. The average molecular weight is 437 g/mol. The second-order valence-corrected chi connectivity index (χ2v) is 8.41. The summed E-state index contributed by atoms with van der Waals surface area (Å²) in [4.78, 5) is 37.5. The minimum Gasteiger partial charge on any atom is -0.491 e. The van der Waals surface area contributed by atoms with Crippen molar-refractivity contribution in [1.82, 2.24) is 19.8 Å². The van der Waals surface area contributed by atoms with Crippen molar-refractivity contribution in [2.45, 2.75) is 20.0 Å². The fourth-order valence-electron chi connectivity index (χ4n) is 3.40. The van der Waals surface area contributed by atoms with E-state index in [1.54, 1.807) is 39.7 Å². The van der Waals surface area contributed by atoms with Crippen LogP contribution in [0.2, 0.25) is 0 Å². The number of pyridine rings is 1. The van der Waals surface area contributed by atoms with E-state index in [2.05, 4.69) is 9.97 Å². The Balaban J connectivity index is 1.37.